The second-order valence-electron chi connectivity index (χ2n) is 6.23. The van der Waals surface area contributed by atoms with Crippen molar-refractivity contribution < 1.29 is 18.7 Å². The monoisotopic (exact) mass is 356 g/mol. The van der Waals surface area contributed by atoms with E-state index in [-0.39, 0.29) is 30.0 Å². The van der Waals surface area contributed by atoms with E-state index in [4.69, 9.17) is 4.74 Å². The van der Waals surface area contributed by atoms with E-state index in [2.05, 4.69) is 5.32 Å². The van der Waals surface area contributed by atoms with Crippen LogP contribution in [0.1, 0.15) is 12.8 Å². The molecule has 0 aromatic heterocycles. The van der Waals surface area contributed by atoms with E-state index in [1.54, 1.807) is 29.2 Å². The maximum Gasteiger partial charge on any atom is 0.260 e. The van der Waals surface area contributed by atoms with Crippen molar-refractivity contribution in [2.45, 2.75) is 12.8 Å². The third-order valence-electron chi connectivity index (χ3n) is 4.46. The maximum atomic E-state index is 13.6. The van der Waals surface area contributed by atoms with Crippen molar-refractivity contribution in [1.82, 2.24) is 4.90 Å². The number of carbonyl (C=O) groups excluding carboxylic acids is 2. The topological polar surface area (TPSA) is 58.6 Å². The molecule has 1 N–H and O–H groups in total. The van der Waals surface area contributed by atoms with Gasteiger partial charge in [-0.05, 0) is 37.1 Å². The Morgan fingerprint density at radius 1 is 1.04 bits per heavy atom. The summed E-state index contributed by atoms with van der Waals surface area (Å²) in [5.74, 6) is -0.329. The number of nitrogens with one attached hydrogen (secondary N) is 1. The highest BCUT2D eigenvalue weighted by atomic mass is 19.1. The standard InChI is InChI=1S/C20H21FN2O3/c21-17-8-4-5-9-18(17)22-20(25)15-10-12-23(13-11-15)19(24)14-26-16-6-2-1-3-7-16/h1-9,15H,10-14H2,(H,22,25). The van der Waals surface area contributed by atoms with Gasteiger partial charge in [0.25, 0.3) is 5.91 Å². The molecule has 0 aliphatic carbocycles. The first-order valence-corrected chi connectivity index (χ1v) is 8.64. The van der Waals surface area contributed by atoms with Gasteiger partial charge < -0.3 is 15.0 Å². The van der Waals surface area contributed by atoms with E-state index in [9.17, 15) is 14.0 Å². The Balaban J connectivity index is 1.45. The van der Waals surface area contributed by atoms with Crippen LogP contribution in [0.15, 0.2) is 54.6 Å². The number of amides is 2. The molecule has 2 aromatic rings. The van der Waals surface area contributed by atoms with E-state index in [0.717, 1.165) is 0 Å². The zero-order valence-electron chi connectivity index (χ0n) is 14.4. The van der Waals surface area contributed by atoms with E-state index in [1.165, 1.54) is 12.1 Å². The van der Waals surface area contributed by atoms with Gasteiger partial charge in [0.05, 0.1) is 5.69 Å². The van der Waals surface area contributed by atoms with Gasteiger partial charge in [-0.3, -0.25) is 9.59 Å². The van der Waals surface area contributed by atoms with Gasteiger partial charge in [0, 0.05) is 19.0 Å². The number of piperidine rings is 1. The minimum absolute atomic E-state index is 0.0178. The SMILES string of the molecule is O=C(Nc1ccccc1F)C1CCN(C(=O)COc2ccccc2)CC1. The maximum absolute atomic E-state index is 13.6. The lowest BCUT2D eigenvalue weighted by Crippen LogP contribution is -2.43. The molecule has 136 valence electrons. The van der Waals surface area contributed by atoms with Crippen LogP contribution in [-0.2, 0) is 9.59 Å². The lowest BCUT2D eigenvalue weighted by molar-refractivity contribution is -0.136. The number of benzene rings is 2. The lowest BCUT2D eigenvalue weighted by atomic mass is 9.95. The van der Waals surface area contributed by atoms with Gasteiger partial charge in [-0.2, -0.15) is 0 Å². The van der Waals surface area contributed by atoms with Crippen LogP contribution in [0.5, 0.6) is 5.75 Å². The molecule has 3 rings (SSSR count). The number of hydrogen-bond donors (Lipinski definition) is 1. The summed E-state index contributed by atoms with van der Waals surface area (Å²) in [5.41, 5.74) is 0.187. The quantitative estimate of drug-likeness (QED) is 0.896. The van der Waals surface area contributed by atoms with Crippen LogP contribution in [0.3, 0.4) is 0 Å². The van der Waals surface area contributed by atoms with Crippen LogP contribution in [0.2, 0.25) is 0 Å². The molecule has 0 saturated carbocycles. The van der Waals surface area contributed by atoms with Crippen molar-refractivity contribution in [1.29, 1.82) is 0 Å². The summed E-state index contributed by atoms with van der Waals surface area (Å²) in [4.78, 5) is 26.2. The summed E-state index contributed by atoms with van der Waals surface area (Å²) in [7, 11) is 0. The van der Waals surface area contributed by atoms with Crippen molar-refractivity contribution in [2.24, 2.45) is 5.92 Å². The molecule has 0 bridgehead atoms. The van der Waals surface area contributed by atoms with Gasteiger partial charge >= 0.3 is 0 Å². The largest absolute Gasteiger partial charge is 0.484 e. The zero-order valence-corrected chi connectivity index (χ0v) is 14.4. The zero-order chi connectivity index (χ0) is 18.4. The molecule has 5 nitrogen and oxygen atoms in total. The number of halogens is 1. The van der Waals surface area contributed by atoms with Gasteiger partial charge in [0.2, 0.25) is 5.91 Å². The Hall–Kier alpha value is -2.89. The van der Waals surface area contributed by atoms with E-state index in [1.807, 2.05) is 18.2 Å². The average Bonchev–Trinajstić information content (AvgIpc) is 2.69. The highest BCUT2D eigenvalue weighted by Gasteiger charge is 2.27. The molecule has 0 unspecified atom stereocenters. The average molecular weight is 356 g/mol. The minimum Gasteiger partial charge on any atom is -0.484 e. The molecule has 0 spiro atoms. The molecule has 0 atom stereocenters. The highest BCUT2D eigenvalue weighted by molar-refractivity contribution is 5.92. The van der Waals surface area contributed by atoms with Crippen LogP contribution in [0.4, 0.5) is 10.1 Å². The third-order valence-corrected chi connectivity index (χ3v) is 4.46. The minimum atomic E-state index is -0.452. The number of anilines is 1. The Kier molecular flexibility index (Phi) is 5.84. The summed E-state index contributed by atoms with van der Waals surface area (Å²) >= 11 is 0. The fraction of sp³-hybridized carbons (Fsp3) is 0.300. The van der Waals surface area contributed by atoms with Gasteiger partial charge in [0.1, 0.15) is 11.6 Å². The van der Waals surface area contributed by atoms with Crippen LogP contribution < -0.4 is 10.1 Å². The smallest absolute Gasteiger partial charge is 0.260 e. The van der Waals surface area contributed by atoms with Gasteiger partial charge in [-0.25, -0.2) is 4.39 Å². The van der Waals surface area contributed by atoms with Gasteiger partial charge in [-0.15, -0.1) is 0 Å². The molecule has 1 fully saturated rings. The molecule has 1 heterocycles. The predicted octanol–water partition coefficient (Wildman–Crippen LogP) is 3.08. The summed E-state index contributed by atoms with van der Waals surface area (Å²) in [6.45, 7) is 0.967. The van der Waals surface area contributed by atoms with Gasteiger partial charge in [-0.1, -0.05) is 30.3 Å². The number of likely N-dealkylation sites (tertiary alicyclic amines) is 1. The highest BCUT2D eigenvalue weighted by Crippen LogP contribution is 2.21. The van der Waals surface area contributed by atoms with Crippen molar-refractivity contribution in [3.05, 3.63) is 60.4 Å². The molecule has 1 saturated heterocycles. The summed E-state index contributed by atoms with van der Waals surface area (Å²) in [5, 5.41) is 2.63. The molecule has 2 amide bonds. The Bertz CT molecular complexity index is 759. The van der Waals surface area contributed by atoms with Gasteiger partial charge in [0.15, 0.2) is 6.61 Å². The van der Waals surface area contributed by atoms with E-state index in [0.29, 0.717) is 31.7 Å². The van der Waals surface area contributed by atoms with E-state index < -0.39 is 5.82 Å². The fourth-order valence-corrected chi connectivity index (χ4v) is 2.94. The fourth-order valence-electron chi connectivity index (χ4n) is 2.94. The van der Waals surface area contributed by atoms with Crippen LogP contribution >= 0.6 is 0 Å². The molecule has 6 heteroatoms. The second kappa shape index (κ2) is 8.47. The van der Waals surface area contributed by atoms with Crippen molar-refractivity contribution >= 4 is 17.5 Å². The molecule has 2 aromatic carbocycles. The van der Waals surface area contributed by atoms with Crippen LogP contribution in [0.25, 0.3) is 0 Å². The third kappa shape index (κ3) is 4.59. The molecular weight excluding hydrogens is 335 g/mol. The number of ether oxygens (including phenoxy) is 1. The van der Waals surface area contributed by atoms with Crippen LogP contribution in [0, 0.1) is 11.7 Å². The Labute approximate surface area is 151 Å². The number of para-hydroxylation sites is 2. The summed E-state index contributed by atoms with van der Waals surface area (Å²) in [6, 6.07) is 15.3. The summed E-state index contributed by atoms with van der Waals surface area (Å²) < 4.78 is 19.1. The van der Waals surface area contributed by atoms with E-state index >= 15 is 0 Å². The Morgan fingerprint density at radius 2 is 1.69 bits per heavy atom. The van der Waals surface area contributed by atoms with Crippen molar-refractivity contribution in [3.63, 3.8) is 0 Å². The molecular formula is C20H21FN2O3. The second-order valence-corrected chi connectivity index (χ2v) is 6.23. The predicted molar refractivity (Wildman–Crippen MR) is 96.3 cm³/mol. The molecule has 1 aliphatic rings. The van der Waals surface area contributed by atoms with Crippen molar-refractivity contribution in [2.75, 3.05) is 25.0 Å². The van der Waals surface area contributed by atoms with Crippen molar-refractivity contribution in [3.8, 4) is 5.75 Å². The number of rotatable bonds is 5. The Morgan fingerprint density at radius 3 is 2.38 bits per heavy atom. The first-order chi connectivity index (χ1) is 12.6. The number of hydrogen-bond acceptors (Lipinski definition) is 3. The first-order valence-electron chi connectivity index (χ1n) is 8.64. The number of carbonyl (C=O) groups is 2. The molecule has 0 radical (unpaired) electrons. The molecule has 1 aliphatic heterocycles. The normalized spacial score (nSPS) is 14.7. The lowest BCUT2D eigenvalue weighted by Gasteiger charge is -2.31. The molecule has 26 heavy (non-hydrogen) atoms. The number of nitrogens with zero attached hydrogens (tertiary/aromatic N) is 1. The summed E-state index contributed by atoms with van der Waals surface area (Å²) in [6.07, 6.45) is 1.11. The first kappa shape index (κ1) is 17.9. The van der Waals surface area contributed by atoms with Crippen LogP contribution in [-0.4, -0.2) is 36.4 Å².